The fourth-order valence-electron chi connectivity index (χ4n) is 5.90. The van der Waals surface area contributed by atoms with E-state index in [1.165, 1.54) is 12.1 Å². The lowest BCUT2D eigenvalue weighted by molar-refractivity contribution is 0.0464. The lowest BCUT2D eigenvalue weighted by Gasteiger charge is -2.39. The van der Waals surface area contributed by atoms with Crippen molar-refractivity contribution in [3.8, 4) is 0 Å². The van der Waals surface area contributed by atoms with Gasteiger partial charge in [0.2, 0.25) is 0 Å². The van der Waals surface area contributed by atoms with Crippen molar-refractivity contribution in [3.63, 3.8) is 0 Å². The number of nitrogens with zero attached hydrogens (tertiary/aromatic N) is 2. The zero-order valence-electron chi connectivity index (χ0n) is 25.9. The molecule has 0 aromatic heterocycles. The van der Waals surface area contributed by atoms with E-state index in [-0.39, 0.29) is 17.9 Å². The first-order chi connectivity index (χ1) is 21.2. The van der Waals surface area contributed by atoms with Crippen molar-refractivity contribution in [1.29, 1.82) is 0 Å². The summed E-state index contributed by atoms with van der Waals surface area (Å²) in [6.07, 6.45) is 0.586. The molecule has 0 radical (unpaired) electrons. The van der Waals surface area contributed by atoms with Crippen LogP contribution in [0.15, 0.2) is 66.7 Å². The number of hydrogen-bond acceptors (Lipinski definition) is 5. The molecule has 44 heavy (non-hydrogen) atoms. The highest BCUT2D eigenvalue weighted by molar-refractivity contribution is 6.00. The molecule has 7 nitrogen and oxygen atoms in total. The van der Waals surface area contributed by atoms with Gasteiger partial charge in [-0.05, 0) is 73.2 Å². The molecule has 0 saturated carbocycles. The number of carbonyl (C=O) groups is 2. The van der Waals surface area contributed by atoms with E-state index < -0.39 is 35.7 Å². The summed E-state index contributed by atoms with van der Waals surface area (Å²) >= 11 is 0. The first-order valence-electron chi connectivity index (χ1n) is 15.5. The highest BCUT2D eigenvalue weighted by Crippen LogP contribution is 2.18. The van der Waals surface area contributed by atoms with Gasteiger partial charge in [0.05, 0.1) is 12.1 Å². The van der Waals surface area contributed by atoms with Crippen molar-refractivity contribution < 1.29 is 23.5 Å². The van der Waals surface area contributed by atoms with Gasteiger partial charge in [-0.25, -0.2) is 8.78 Å². The van der Waals surface area contributed by atoms with Crippen LogP contribution in [0, 0.1) is 18.6 Å². The molecular weight excluding hydrogens is 562 g/mol. The average Bonchev–Trinajstić information content (AvgIpc) is 2.99. The van der Waals surface area contributed by atoms with E-state index in [1.807, 2.05) is 39.0 Å². The topological polar surface area (TPSA) is 84.9 Å². The van der Waals surface area contributed by atoms with Crippen LogP contribution in [0.5, 0.6) is 0 Å². The summed E-state index contributed by atoms with van der Waals surface area (Å²) in [5.74, 6) is -2.06. The molecule has 1 fully saturated rings. The minimum absolute atomic E-state index is 0.0107. The lowest BCUT2D eigenvalue weighted by atomic mass is 9.94. The molecule has 4 rings (SSSR count). The molecule has 0 spiro atoms. The third-order valence-corrected chi connectivity index (χ3v) is 7.92. The van der Waals surface area contributed by atoms with E-state index in [0.29, 0.717) is 43.9 Å². The van der Waals surface area contributed by atoms with Crippen LogP contribution in [0.25, 0.3) is 0 Å². The first-order valence-corrected chi connectivity index (χ1v) is 15.5. The normalized spacial score (nSPS) is 16.7. The second kappa shape index (κ2) is 15.9. The zero-order valence-corrected chi connectivity index (χ0v) is 25.9. The van der Waals surface area contributed by atoms with Crippen molar-refractivity contribution in [2.75, 3.05) is 32.7 Å². The Morgan fingerprint density at radius 1 is 0.977 bits per heavy atom. The number of rotatable bonds is 13. The Bertz CT molecular complexity index is 1380. The molecule has 0 aliphatic carbocycles. The Balaban J connectivity index is 1.57. The molecule has 1 aliphatic heterocycles. The summed E-state index contributed by atoms with van der Waals surface area (Å²) in [5, 5.41) is 18.0. The summed E-state index contributed by atoms with van der Waals surface area (Å²) in [4.78, 5) is 31.0. The predicted octanol–water partition coefficient (Wildman–Crippen LogP) is 4.71. The average molecular weight is 607 g/mol. The monoisotopic (exact) mass is 606 g/mol. The molecule has 0 bridgehead atoms. The number of halogens is 2. The Kier molecular flexibility index (Phi) is 12.0. The zero-order chi connectivity index (χ0) is 31.6. The van der Waals surface area contributed by atoms with Crippen LogP contribution < -0.4 is 10.6 Å². The highest BCUT2D eigenvalue weighted by Gasteiger charge is 2.33. The summed E-state index contributed by atoms with van der Waals surface area (Å²) < 4.78 is 28.2. The Labute approximate surface area is 259 Å². The number of hydrogen-bond donors (Lipinski definition) is 3. The van der Waals surface area contributed by atoms with Gasteiger partial charge in [0, 0.05) is 62.5 Å². The molecule has 3 atom stereocenters. The third kappa shape index (κ3) is 9.17. The van der Waals surface area contributed by atoms with E-state index in [9.17, 15) is 23.5 Å². The minimum Gasteiger partial charge on any atom is -0.389 e. The molecule has 3 N–H and O–H groups in total. The Hall–Kier alpha value is -3.66. The molecule has 236 valence electrons. The fourth-order valence-corrected chi connectivity index (χ4v) is 5.90. The molecule has 1 aliphatic rings. The highest BCUT2D eigenvalue weighted by atomic mass is 19.1. The molecular formula is C35H44F2N4O3. The maximum Gasteiger partial charge on any atom is 0.253 e. The standard InChI is InChI=1S/C35H44F2N4O3/c1-4-12-41(13-5-2)35(44)28-16-24(3)15-27(20-28)34(43)39-31(19-26-17-29(36)21-30(37)18-26)33(42)32-23-40(14-11-38-32)22-25-9-7-6-8-10-25/h6-10,15-18,20-21,31-33,38,42H,4-5,11-14,19,22-23H2,1-3H3,(H,39,43)/t31-,32+,33?/m0/s1. The smallest absolute Gasteiger partial charge is 0.253 e. The maximum atomic E-state index is 14.1. The van der Waals surface area contributed by atoms with Gasteiger partial charge in [-0.3, -0.25) is 14.5 Å². The molecule has 9 heteroatoms. The number of aryl methyl sites for hydroxylation is 1. The van der Waals surface area contributed by atoms with Crippen LogP contribution in [0.1, 0.15) is 64.1 Å². The summed E-state index contributed by atoms with van der Waals surface area (Å²) in [5.41, 5.74) is 2.93. The number of amides is 2. The van der Waals surface area contributed by atoms with Crippen LogP contribution in [0.4, 0.5) is 8.78 Å². The number of carbonyl (C=O) groups excluding carboxylic acids is 2. The SMILES string of the molecule is CCCN(CCC)C(=O)c1cc(C)cc(C(=O)N[C@@H](Cc2cc(F)cc(F)c2)C(O)[C@H]2CN(Cc3ccccc3)CCN2)c1. The molecule has 1 unspecified atom stereocenters. The quantitative estimate of drug-likeness (QED) is 0.263. The minimum atomic E-state index is -1.07. The van der Waals surface area contributed by atoms with Gasteiger partial charge >= 0.3 is 0 Å². The third-order valence-electron chi connectivity index (χ3n) is 7.92. The number of nitrogens with one attached hydrogen (secondary N) is 2. The molecule has 3 aromatic rings. The largest absolute Gasteiger partial charge is 0.389 e. The van der Waals surface area contributed by atoms with Crippen molar-refractivity contribution in [2.45, 2.75) is 64.8 Å². The second-order valence-electron chi connectivity index (χ2n) is 11.7. The van der Waals surface area contributed by atoms with Crippen LogP contribution in [-0.4, -0.2) is 77.6 Å². The van der Waals surface area contributed by atoms with Crippen molar-refractivity contribution in [2.24, 2.45) is 0 Å². The summed E-state index contributed by atoms with van der Waals surface area (Å²) in [7, 11) is 0. The van der Waals surface area contributed by atoms with E-state index in [2.05, 4.69) is 27.7 Å². The molecule has 3 aromatic carbocycles. The molecule has 1 saturated heterocycles. The summed E-state index contributed by atoms with van der Waals surface area (Å²) in [6, 6.07) is 17.1. The van der Waals surface area contributed by atoms with Crippen LogP contribution in [0.2, 0.25) is 0 Å². The van der Waals surface area contributed by atoms with E-state index in [1.54, 1.807) is 23.1 Å². The van der Waals surface area contributed by atoms with E-state index in [0.717, 1.165) is 36.6 Å². The van der Waals surface area contributed by atoms with Crippen LogP contribution in [-0.2, 0) is 13.0 Å². The van der Waals surface area contributed by atoms with Crippen LogP contribution in [0.3, 0.4) is 0 Å². The number of aliphatic hydroxyl groups excluding tert-OH is 1. The van der Waals surface area contributed by atoms with Crippen molar-refractivity contribution in [3.05, 3.63) is 106 Å². The number of benzene rings is 3. The second-order valence-corrected chi connectivity index (χ2v) is 11.7. The lowest BCUT2D eigenvalue weighted by Crippen LogP contribution is -2.61. The Morgan fingerprint density at radius 2 is 1.64 bits per heavy atom. The van der Waals surface area contributed by atoms with Crippen LogP contribution >= 0.6 is 0 Å². The number of piperazine rings is 1. The first kappa shape index (κ1) is 33.2. The van der Waals surface area contributed by atoms with E-state index >= 15 is 0 Å². The van der Waals surface area contributed by atoms with Gasteiger partial charge in [0.1, 0.15) is 11.6 Å². The van der Waals surface area contributed by atoms with Gasteiger partial charge in [-0.1, -0.05) is 44.2 Å². The fraction of sp³-hybridized carbons (Fsp3) is 0.429. The molecule has 2 amide bonds. The van der Waals surface area contributed by atoms with Gasteiger partial charge in [-0.15, -0.1) is 0 Å². The van der Waals surface area contributed by atoms with Gasteiger partial charge < -0.3 is 20.6 Å². The molecule has 1 heterocycles. The van der Waals surface area contributed by atoms with Crippen molar-refractivity contribution in [1.82, 2.24) is 20.4 Å². The summed E-state index contributed by atoms with van der Waals surface area (Å²) in [6.45, 7) is 9.76. The maximum absolute atomic E-state index is 14.1. The van der Waals surface area contributed by atoms with E-state index in [4.69, 9.17) is 0 Å². The van der Waals surface area contributed by atoms with Crippen molar-refractivity contribution >= 4 is 11.8 Å². The number of aliphatic hydroxyl groups is 1. The predicted molar refractivity (Wildman–Crippen MR) is 168 cm³/mol. The van der Waals surface area contributed by atoms with Gasteiger partial charge in [0.15, 0.2) is 0 Å². The van der Waals surface area contributed by atoms with Gasteiger partial charge in [0.25, 0.3) is 11.8 Å². The Morgan fingerprint density at radius 3 is 2.30 bits per heavy atom. The van der Waals surface area contributed by atoms with Gasteiger partial charge in [-0.2, -0.15) is 0 Å².